The van der Waals surface area contributed by atoms with Crippen molar-refractivity contribution in [2.45, 2.75) is 31.0 Å². The molecule has 0 fully saturated rings. The molecule has 1 aromatic heterocycles. The monoisotopic (exact) mass is 422 g/mol. The molecule has 2 amide bonds. The minimum atomic E-state index is -0.125. The van der Waals surface area contributed by atoms with Crippen LogP contribution >= 0.6 is 11.8 Å². The van der Waals surface area contributed by atoms with E-state index in [9.17, 15) is 9.59 Å². The van der Waals surface area contributed by atoms with Crippen LogP contribution in [0, 0.1) is 0 Å². The number of anilines is 1. The van der Waals surface area contributed by atoms with Crippen LogP contribution in [0.25, 0.3) is 0 Å². The highest BCUT2D eigenvalue weighted by molar-refractivity contribution is 7.99. The summed E-state index contributed by atoms with van der Waals surface area (Å²) in [6.45, 7) is 2.10. The fraction of sp³-hybridized carbons (Fsp3) is 0.261. The van der Waals surface area contributed by atoms with Crippen molar-refractivity contribution in [1.82, 2.24) is 14.9 Å². The Morgan fingerprint density at radius 2 is 1.83 bits per heavy atom. The third-order valence-corrected chi connectivity index (χ3v) is 5.68. The minimum absolute atomic E-state index is 0.0220. The van der Waals surface area contributed by atoms with Crippen molar-refractivity contribution < 1.29 is 9.59 Å². The Morgan fingerprint density at radius 3 is 2.47 bits per heavy atom. The average molecular weight is 423 g/mol. The first-order valence-electron chi connectivity index (χ1n) is 9.92. The number of nitrogens with zero attached hydrogens (tertiary/aromatic N) is 2. The SMILES string of the molecule is CCCC(NC(=O)c1ccc(NC(=O)CSc2nccn2C)cc1)c1ccccc1. The van der Waals surface area contributed by atoms with Gasteiger partial charge < -0.3 is 15.2 Å². The zero-order valence-electron chi connectivity index (χ0n) is 17.2. The molecule has 1 atom stereocenters. The number of hydrogen-bond acceptors (Lipinski definition) is 4. The van der Waals surface area contributed by atoms with E-state index in [1.165, 1.54) is 11.8 Å². The number of nitrogens with one attached hydrogen (secondary N) is 2. The molecule has 3 aromatic rings. The van der Waals surface area contributed by atoms with Gasteiger partial charge in [0, 0.05) is 30.7 Å². The van der Waals surface area contributed by atoms with Crippen molar-refractivity contribution >= 4 is 29.3 Å². The number of aromatic nitrogens is 2. The van der Waals surface area contributed by atoms with E-state index in [-0.39, 0.29) is 23.6 Å². The number of thioether (sulfide) groups is 1. The summed E-state index contributed by atoms with van der Waals surface area (Å²) in [7, 11) is 1.89. The third-order valence-electron chi connectivity index (χ3n) is 4.62. The predicted octanol–water partition coefficient (Wildman–Crippen LogP) is 4.42. The molecule has 156 valence electrons. The molecule has 2 N–H and O–H groups in total. The molecular formula is C23H26N4O2S. The van der Waals surface area contributed by atoms with Gasteiger partial charge in [-0.2, -0.15) is 0 Å². The van der Waals surface area contributed by atoms with Crippen LogP contribution in [-0.2, 0) is 11.8 Å². The van der Waals surface area contributed by atoms with E-state index in [0.29, 0.717) is 11.3 Å². The Hall–Kier alpha value is -3.06. The normalized spacial score (nSPS) is 11.7. The molecule has 6 nitrogen and oxygen atoms in total. The van der Waals surface area contributed by atoms with Gasteiger partial charge in [0.25, 0.3) is 5.91 Å². The van der Waals surface area contributed by atoms with Crippen LogP contribution in [0.1, 0.15) is 41.7 Å². The molecule has 1 heterocycles. The summed E-state index contributed by atoms with van der Waals surface area (Å²) in [5.74, 6) is 0.0240. The Balaban J connectivity index is 1.55. The lowest BCUT2D eigenvalue weighted by molar-refractivity contribution is -0.113. The molecule has 1 unspecified atom stereocenters. The van der Waals surface area contributed by atoms with Gasteiger partial charge in [-0.25, -0.2) is 4.98 Å². The van der Waals surface area contributed by atoms with Gasteiger partial charge in [-0.3, -0.25) is 9.59 Å². The maximum Gasteiger partial charge on any atom is 0.251 e. The fourth-order valence-electron chi connectivity index (χ4n) is 3.06. The first kappa shape index (κ1) is 21.6. The second-order valence-corrected chi connectivity index (χ2v) is 7.90. The van der Waals surface area contributed by atoms with E-state index in [0.717, 1.165) is 23.6 Å². The number of carbonyl (C=O) groups is 2. The van der Waals surface area contributed by atoms with Gasteiger partial charge in [0.15, 0.2) is 5.16 Å². The largest absolute Gasteiger partial charge is 0.345 e. The summed E-state index contributed by atoms with van der Waals surface area (Å²) in [5, 5.41) is 6.75. The Morgan fingerprint density at radius 1 is 1.10 bits per heavy atom. The number of rotatable bonds is 9. The summed E-state index contributed by atoms with van der Waals surface area (Å²) in [5.41, 5.74) is 2.32. The second kappa shape index (κ2) is 10.6. The molecule has 0 saturated heterocycles. The van der Waals surface area contributed by atoms with Crippen molar-refractivity contribution in [1.29, 1.82) is 0 Å². The van der Waals surface area contributed by atoms with Gasteiger partial charge in [-0.1, -0.05) is 55.4 Å². The van der Waals surface area contributed by atoms with E-state index in [1.807, 2.05) is 48.1 Å². The molecule has 30 heavy (non-hydrogen) atoms. The van der Waals surface area contributed by atoms with E-state index in [4.69, 9.17) is 0 Å². The van der Waals surface area contributed by atoms with Crippen LogP contribution in [0.2, 0.25) is 0 Å². The highest BCUT2D eigenvalue weighted by atomic mass is 32.2. The predicted molar refractivity (Wildman–Crippen MR) is 121 cm³/mol. The molecule has 0 spiro atoms. The Bertz CT molecular complexity index is 970. The molecule has 0 aliphatic heterocycles. The maximum absolute atomic E-state index is 12.7. The molecule has 7 heteroatoms. The maximum atomic E-state index is 12.7. The van der Waals surface area contributed by atoms with Gasteiger partial charge in [0.1, 0.15) is 0 Å². The van der Waals surface area contributed by atoms with Crippen molar-refractivity contribution in [2.24, 2.45) is 7.05 Å². The van der Waals surface area contributed by atoms with Crippen molar-refractivity contribution in [3.63, 3.8) is 0 Å². The van der Waals surface area contributed by atoms with Gasteiger partial charge in [0.05, 0.1) is 11.8 Å². The zero-order chi connectivity index (χ0) is 21.3. The van der Waals surface area contributed by atoms with Crippen LogP contribution in [-0.4, -0.2) is 27.1 Å². The van der Waals surface area contributed by atoms with E-state index >= 15 is 0 Å². The van der Waals surface area contributed by atoms with Gasteiger partial charge in [-0.05, 0) is 36.2 Å². The molecule has 0 radical (unpaired) electrons. The van der Waals surface area contributed by atoms with Crippen molar-refractivity contribution in [2.75, 3.05) is 11.1 Å². The summed E-state index contributed by atoms with van der Waals surface area (Å²) in [6, 6.07) is 16.9. The van der Waals surface area contributed by atoms with Crippen LogP contribution in [0.15, 0.2) is 72.1 Å². The van der Waals surface area contributed by atoms with Crippen LogP contribution in [0.5, 0.6) is 0 Å². The molecule has 0 aliphatic carbocycles. The quantitative estimate of drug-likeness (QED) is 0.501. The van der Waals surface area contributed by atoms with Crippen LogP contribution < -0.4 is 10.6 Å². The summed E-state index contributed by atoms with van der Waals surface area (Å²) in [4.78, 5) is 29.0. The van der Waals surface area contributed by atoms with E-state index < -0.39 is 0 Å². The summed E-state index contributed by atoms with van der Waals surface area (Å²) < 4.78 is 1.87. The topological polar surface area (TPSA) is 76.0 Å². The first-order chi connectivity index (χ1) is 14.6. The molecule has 0 bridgehead atoms. The average Bonchev–Trinajstić information content (AvgIpc) is 3.18. The van der Waals surface area contributed by atoms with Gasteiger partial charge in [0.2, 0.25) is 5.91 Å². The fourth-order valence-corrected chi connectivity index (χ4v) is 3.79. The van der Waals surface area contributed by atoms with Gasteiger partial charge in [-0.15, -0.1) is 0 Å². The number of benzene rings is 2. The highest BCUT2D eigenvalue weighted by Crippen LogP contribution is 2.20. The molecule has 0 aliphatic rings. The number of carbonyl (C=O) groups excluding carboxylic acids is 2. The molecule has 2 aromatic carbocycles. The number of imidazole rings is 1. The highest BCUT2D eigenvalue weighted by Gasteiger charge is 2.15. The van der Waals surface area contributed by atoms with Crippen LogP contribution in [0.4, 0.5) is 5.69 Å². The van der Waals surface area contributed by atoms with Crippen LogP contribution in [0.3, 0.4) is 0 Å². The lowest BCUT2D eigenvalue weighted by Crippen LogP contribution is -2.28. The Labute approximate surface area is 181 Å². The van der Waals surface area contributed by atoms with E-state index in [2.05, 4.69) is 22.5 Å². The standard InChI is InChI=1S/C23H26N4O2S/c1-3-7-20(17-8-5-4-6-9-17)26-22(29)18-10-12-19(13-11-18)25-21(28)16-30-23-24-14-15-27(23)2/h4-6,8-15,20H,3,7,16H2,1-2H3,(H,25,28)(H,26,29). The number of aryl methyl sites for hydroxylation is 1. The zero-order valence-corrected chi connectivity index (χ0v) is 18.0. The molecule has 0 saturated carbocycles. The lowest BCUT2D eigenvalue weighted by Gasteiger charge is -2.19. The van der Waals surface area contributed by atoms with Crippen molar-refractivity contribution in [3.8, 4) is 0 Å². The summed E-state index contributed by atoms with van der Waals surface area (Å²) >= 11 is 1.37. The minimum Gasteiger partial charge on any atom is -0.345 e. The molecule has 3 rings (SSSR count). The summed E-state index contributed by atoms with van der Waals surface area (Å²) in [6.07, 6.45) is 5.39. The van der Waals surface area contributed by atoms with E-state index in [1.54, 1.807) is 30.5 Å². The van der Waals surface area contributed by atoms with Gasteiger partial charge >= 0.3 is 0 Å². The Kier molecular flexibility index (Phi) is 7.68. The second-order valence-electron chi connectivity index (χ2n) is 6.96. The molecular weight excluding hydrogens is 396 g/mol. The number of amides is 2. The third kappa shape index (κ3) is 5.97. The number of hydrogen-bond donors (Lipinski definition) is 2. The lowest BCUT2D eigenvalue weighted by atomic mass is 10.0. The smallest absolute Gasteiger partial charge is 0.251 e. The van der Waals surface area contributed by atoms with Crippen molar-refractivity contribution in [3.05, 3.63) is 78.1 Å². The first-order valence-corrected chi connectivity index (χ1v) is 10.9.